The number of carbonyl (C=O) groups is 1. The molecule has 0 aromatic heterocycles. The topological polar surface area (TPSA) is 38.3 Å². The van der Waals surface area contributed by atoms with Gasteiger partial charge < -0.3 is 10.1 Å². The highest BCUT2D eigenvalue weighted by molar-refractivity contribution is 5.88. The van der Waals surface area contributed by atoms with Gasteiger partial charge in [-0.25, -0.2) is 4.79 Å². The van der Waals surface area contributed by atoms with Gasteiger partial charge in [-0.3, -0.25) is 0 Å². The summed E-state index contributed by atoms with van der Waals surface area (Å²) >= 11 is 0. The number of rotatable bonds is 5. The summed E-state index contributed by atoms with van der Waals surface area (Å²) in [7, 11) is 0. The minimum absolute atomic E-state index is 0.186. The minimum atomic E-state index is -0.287. The molecular weight excluding hydrogens is 202 g/mol. The molecule has 0 saturated heterocycles. The van der Waals surface area contributed by atoms with Crippen molar-refractivity contribution in [3.05, 3.63) is 36.1 Å². The van der Waals surface area contributed by atoms with E-state index in [4.69, 9.17) is 4.74 Å². The first-order valence-corrected chi connectivity index (χ1v) is 5.64. The van der Waals surface area contributed by atoms with Gasteiger partial charge in [0.1, 0.15) is 5.70 Å². The Bertz CT molecular complexity index is 315. The molecule has 1 rings (SSSR count). The molecule has 1 N–H and O–H groups in total. The Morgan fingerprint density at radius 1 is 1.44 bits per heavy atom. The third-order valence-electron chi connectivity index (χ3n) is 2.08. The highest BCUT2D eigenvalue weighted by atomic mass is 16.5. The van der Waals surface area contributed by atoms with E-state index in [0.29, 0.717) is 12.3 Å². The van der Waals surface area contributed by atoms with Crippen LogP contribution in [0.25, 0.3) is 0 Å². The van der Waals surface area contributed by atoms with Crippen molar-refractivity contribution in [1.29, 1.82) is 0 Å². The van der Waals surface area contributed by atoms with Gasteiger partial charge in [0.2, 0.25) is 0 Å². The van der Waals surface area contributed by atoms with Gasteiger partial charge in [-0.1, -0.05) is 24.3 Å². The van der Waals surface area contributed by atoms with E-state index < -0.39 is 0 Å². The van der Waals surface area contributed by atoms with Crippen LogP contribution in [-0.4, -0.2) is 18.6 Å². The largest absolute Gasteiger partial charge is 0.461 e. The zero-order chi connectivity index (χ0) is 12.0. The Labute approximate surface area is 96.9 Å². The molecule has 1 aliphatic carbocycles. The lowest BCUT2D eigenvalue weighted by Crippen LogP contribution is -2.28. The zero-order valence-electron chi connectivity index (χ0n) is 10.1. The molecule has 88 valence electrons. The summed E-state index contributed by atoms with van der Waals surface area (Å²) < 4.78 is 5.00. The number of allylic oxidation sites excluding steroid dienone is 5. The van der Waals surface area contributed by atoms with Gasteiger partial charge in [0.05, 0.1) is 6.61 Å². The van der Waals surface area contributed by atoms with Gasteiger partial charge in [-0.05, 0) is 26.8 Å². The van der Waals surface area contributed by atoms with Crippen molar-refractivity contribution in [1.82, 2.24) is 5.32 Å². The quantitative estimate of drug-likeness (QED) is 0.571. The lowest BCUT2D eigenvalue weighted by atomic mass is 10.1. The monoisotopic (exact) mass is 221 g/mol. The normalized spacial score (nSPS) is 15.9. The number of esters is 1. The predicted octanol–water partition coefficient (Wildman–Crippen LogP) is 2.17. The molecule has 1 aliphatic rings. The fraction of sp³-hybridized carbons (Fsp3) is 0.462. The number of carbonyl (C=O) groups excluding carboxylic acids is 1. The maximum absolute atomic E-state index is 11.7. The van der Waals surface area contributed by atoms with Crippen LogP contribution in [0.3, 0.4) is 0 Å². The molecule has 0 aromatic carbocycles. The summed E-state index contributed by atoms with van der Waals surface area (Å²) in [6.07, 6.45) is 9.89. The van der Waals surface area contributed by atoms with Gasteiger partial charge in [0, 0.05) is 12.0 Å². The van der Waals surface area contributed by atoms with Gasteiger partial charge in [-0.2, -0.15) is 0 Å². The molecule has 0 atom stereocenters. The Morgan fingerprint density at radius 2 is 2.06 bits per heavy atom. The van der Waals surface area contributed by atoms with Crippen molar-refractivity contribution in [3.63, 3.8) is 0 Å². The van der Waals surface area contributed by atoms with E-state index in [1.54, 1.807) is 6.92 Å². The number of ether oxygens (including phenoxy) is 1. The first-order valence-electron chi connectivity index (χ1n) is 5.64. The Balaban J connectivity index is 2.73. The molecule has 0 aliphatic heterocycles. The first kappa shape index (κ1) is 12.6. The molecule has 16 heavy (non-hydrogen) atoms. The van der Waals surface area contributed by atoms with Crippen LogP contribution < -0.4 is 5.32 Å². The lowest BCUT2D eigenvalue weighted by Gasteiger charge is -2.14. The summed E-state index contributed by atoms with van der Waals surface area (Å²) in [5.41, 5.74) is 0.540. The van der Waals surface area contributed by atoms with E-state index in [0.717, 1.165) is 0 Å². The predicted molar refractivity (Wildman–Crippen MR) is 64.8 cm³/mol. The summed E-state index contributed by atoms with van der Waals surface area (Å²) in [6, 6.07) is 0.213. The second-order valence-electron chi connectivity index (χ2n) is 3.95. The number of hydrogen-bond donors (Lipinski definition) is 1. The maximum atomic E-state index is 11.7. The summed E-state index contributed by atoms with van der Waals surface area (Å²) in [4.78, 5) is 11.7. The molecule has 0 saturated carbocycles. The van der Waals surface area contributed by atoms with Gasteiger partial charge in [0.15, 0.2) is 0 Å². The minimum Gasteiger partial charge on any atom is -0.461 e. The second kappa shape index (κ2) is 6.16. The average molecular weight is 221 g/mol. The highest BCUT2D eigenvalue weighted by Crippen LogP contribution is 2.13. The molecule has 0 heterocycles. The Kier molecular flexibility index (Phi) is 4.83. The van der Waals surface area contributed by atoms with E-state index >= 15 is 0 Å². The molecule has 0 fully saturated rings. The summed E-state index contributed by atoms with van der Waals surface area (Å²) in [5.74, 6) is -0.101. The third kappa shape index (κ3) is 3.93. The molecule has 3 nitrogen and oxygen atoms in total. The standard InChI is InChI=1S/C13H19NO2/c1-4-16-13(15)12(14-10(2)3)9-11-7-5-6-8-11/h5-11,14H,4H2,1-3H3/b12-9+. The molecule has 0 unspecified atom stereocenters. The van der Waals surface area contributed by atoms with Crippen LogP contribution in [0.2, 0.25) is 0 Å². The maximum Gasteiger partial charge on any atom is 0.354 e. The third-order valence-corrected chi connectivity index (χ3v) is 2.08. The van der Waals surface area contributed by atoms with Crippen LogP contribution in [0.15, 0.2) is 36.1 Å². The van der Waals surface area contributed by atoms with Crippen LogP contribution >= 0.6 is 0 Å². The Hall–Kier alpha value is -1.51. The smallest absolute Gasteiger partial charge is 0.354 e. The lowest BCUT2D eigenvalue weighted by molar-refractivity contribution is -0.139. The zero-order valence-corrected chi connectivity index (χ0v) is 10.1. The van der Waals surface area contributed by atoms with E-state index in [9.17, 15) is 4.79 Å². The molecule has 0 aromatic rings. The van der Waals surface area contributed by atoms with Gasteiger partial charge >= 0.3 is 5.97 Å². The average Bonchev–Trinajstić information content (AvgIpc) is 2.69. The molecule has 0 radical (unpaired) electrons. The van der Waals surface area contributed by atoms with Crippen LogP contribution in [0.5, 0.6) is 0 Å². The fourth-order valence-corrected chi connectivity index (χ4v) is 1.45. The first-order chi connectivity index (χ1) is 7.63. The fourth-order valence-electron chi connectivity index (χ4n) is 1.45. The van der Waals surface area contributed by atoms with Crippen LogP contribution in [0.4, 0.5) is 0 Å². The molecule has 0 amide bonds. The van der Waals surface area contributed by atoms with Crippen LogP contribution in [0, 0.1) is 5.92 Å². The highest BCUT2D eigenvalue weighted by Gasteiger charge is 2.13. The molecule has 0 bridgehead atoms. The van der Waals surface area contributed by atoms with Crippen molar-refractivity contribution in [3.8, 4) is 0 Å². The van der Waals surface area contributed by atoms with Crippen molar-refractivity contribution in [2.24, 2.45) is 5.92 Å². The second-order valence-corrected chi connectivity index (χ2v) is 3.95. The van der Waals surface area contributed by atoms with Crippen molar-refractivity contribution in [2.45, 2.75) is 26.8 Å². The van der Waals surface area contributed by atoms with Crippen LogP contribution in [-0.2, 0) is 9.53 Å². The Morgan fingerprint density at radius 3 is 2.56 bits per heavy atom. The summed E-state index contributed by atoms with van der Waals surface area (Å²) in [6.45, 7) is 6.19. The van der Waals surface area contributed by atoms with Crippen molar-refractivity contribution < 1.29 is 9.53 Å². The SMILES string of the molecule is CCOC(=O)/C(=C\C1C=CC=C1)NC(C)C. The molecule has 3 heteroatoms. The number of hydrogen-bond acceptors (Lipinski definition) is 3. The molecule has 0 spiro atoms. The number of nitrogens with one attached hydrogen (secondary N) is 1. The summed E-state index contributed by atoms with van der Waals surface area (Å²) in [5, 5.41) is 3.11. The van der Waals surface area contributed by atoms with E-state index in [-0.39, 0.29) is 17.9 Å². The van der Waals surface area contributed by atoms with Gasteiger partial charge in [-0.15, -0.1) is 0 Å². The van der Waals surface area contributed by atoms with E-state index in [1.807, 2.05) is 44.2 Å². The molecular formula is C13H19NO2. The van der Waals surface area contributed by atoms with Crippen molar-refractivity contribution >= 4 is 5.97 Å². The van der Waals surface area contributed by atoms with Crippen molar-refractivity contribution in [2.75, 3.05) is 6.61 Å². The van der Waals surface area contributed by atoms with Crippen LogP contribution in [0.1, 0.15) is 20.8 Å². The van der Waals surface area contributed by atoms with E-state index in [1.165, 1.54) is 0 Å². The van der Waals surface area contributed by atoms with E-state index in [2.05, 4.69) is 5.32 Å². The van der Waals surface area contributed by atoms with Gasteiger partial charge in [0.25, 0.3) is 0 Å².